The zero-order valence-electron chi connectivity index (χ0n) is 12.7. The molecule has 1 aromatic carbocycles. The van der Waals surface area contributed by atoms with Crippen LogP contribution in [0.4, 0.5) is 4.79 Å². The number of carbonyl (C=O) groups excluding carboxylic acids is 1. The standard InChI is InChI=1S/C15H17ClN4O2S/c1-10-14(23-19-18-10)8-17-15(21)20-7-6-13(9-20)22-12-4-2-11(16)3-5-12/h2-5,13H,6-9H2,1H3,(H,17,21). The first-order valence-corrected chi connectivity index (χ1v) is 8.50. The van der Waals surface area contributed by atoms with E-state index in [9.17, 15) is 4.79 Å². The molecule has 0 aliphatic carbocycles. The minimum absolute atomic E-state index is 0.00809. The Balaban J connectivity index is 1.48. The summed E-state index contributed by atoms with van der Waals surface area (Å²) >= 11 is 7.16. The van der Waals surface area contributed by atoms with Crippen molar-refractivity contribution in [3.05, 3.63) is 39.9 Å². The van der Waals surface area contributed by atoms with E-state index in [1.54, 1.807) is 17.0 Å². The van der Waals surface area contributed by atoms with Crippen LogP contribution in [0.2, 0.25) is 5.02 Å². The fraction of sp³-hybridized carbons (Fsp3) is 0.400. The molecule has 1 saturated heterocycles. The van der Waals surface area contributed by atoms with Crippen LogP contribution >= 0.6 is 23.1 Å². The lowest BCUT2D eigenvalue weighted by Gasteiger charge is -2.17. The van der Waals surface area contributed by atoms with E-state index in [-0.39, 0.29) is 12.1 Å². The first kappa shape index (κ1) is 16.0. The molecule has 1 aliphatic heterocycles. The highest BCUT2D eigenvalue weighted by Gasteiger charge is 2.27. The van der Waals surface area contributed by atoms with Crippen LogP contribution in [-0.4, -0.2) is 39.7 Å². The number of urea groups is 1. The third-order valence-corrected chi connectivity index (χ3v) is 4.77. The molecule has 0 saturated carbocycles. The molecular weight excluding hydrogens is 336 g/mol. The molecule has 8 heteroatoms. The zero-order valence-corrected chi connectivity index (χ0v) is 14.2. The van der Waals surface area contributed by atoms with Gasteiger partial charge in [-0.2, -0.15) is 0 Å². The second-order valence-corrected chi connectivity index (χ2v) is 6.64. The number of nitrogens with zero attached hydrogens (tertiary/aromatic N) is 3. The number of carbonyl (C=O) groups is 1. The van der Waals surface area contributed by atoms with Gasteiger partial charge < -0.3 is 15.0 Å². The summed E-state index contributed by atoms with van der Waals surface area (Å²) in [7, 11) is 0. The largest absolute Gasteiger partial charge is 0.489 e. The molecule has 1 fully saturated rings. The summed E-state index contributed by atoms with van der Waals surface area (Å²) in [5.74, 6) is 0.771. The Bertz CT molecular complexity index is 676. The molecule has 122 valence electrons. The van der Waals surface area contributed by atoms with Gasteiger partial charge in [-0.1, -0.05) is 16.1 Å². The molecule has 0 spiro atoms. The van der Waals surface area contributed by atoms with Gasteiger partial charge >= 0.3 is 6.03 Å². The van der Waals surface area contributed by atoms with Gasteiger partial charge in [0.15, 0.2) is 0 Å². The van der Waals surface area contributed by atoms with Crippen LogP contribution in [0.1, 0.15) is 17.0 Å². The summed E-state index contributed by atoms with van der Waals surface area (Å²) in [6.45, 7) is 3.61. The molecular formula is C15H17ClN4O2S. The highest BCUT2D eigenvalue weighted by molar-refractivity contribution is 7.05. The van der Waals surface area contributed by atoms with Crippen LogP contribution in [0.15, 0.2) is 24.3 Å². The van der Waals surface area contributed by atoms with E-state index in [0.717, 1.165) is 22.7 Å². The van der Waals surface area contributed by atoms with E-state index in [0.29, 0.717) is 24.7 Å². The van der Waals surface area contributed by atoms with Crippen molar-refractivity contribution in [2.75, 3.05) is 13.1 Å². The van der Waals surface area contributed by atoms with E-state index in [1.807, 2.05) is 19.1 Å². The topological polar surface area (TPSA) is 67.4 Å². The Hall–Kier alpha value is -1.86. The SMILES string of the molecule is Cc1nnsc1CNC(=O)N1CCC(Oc2ccc(Cl)cc2)C1. The minimum Gasteiger partial charge on any atom is -0.489 e. The van der Waals surface area contributed by atoms with Crippen molar-refractivity contribution in [3.63, 3.8) is 0 Å². The van der Waals surface area contributed by atoms with Gasteiger partial charge in [0, 0.05) is 18.0 Å². The number of ether oxygens (including phenoxy) is 1. The van der Waals surface area contributed by atoms with Crippen molar-refractivity contribution in [2.24, 2.45) is 0 Å². The summed E-state index contributed by atoms with van der Waals surface area (Å²) in [5, 5.41) is 7.51. The summed E-state index contributed by atoms with van der Waals surface area (Å²) in [6.07, 6.45) is 0.825. The molecule has 2 heterocycles. The quantitative estimate of drug-likeness (QED) is 0.918. The first-order chi connectivity index (χ1) is 11.1. The lowest BCUT2D eigenvalue weighted by Crippen LogP contribution is -2.39. The number of aryl methyl sites for hydroxylation is 1. The van der Waals surface area contributed by atoms with Gasteiger partial charge in [0.05, 0.1) is 23.7 Å². The minimum atomic E-state index is -0.0833. The Morgan fingerprint density at radius 3 is 2.96 bits per heavy atom. The van der Waals surface area contributed by atoms with Crippen LogP contribution in [0.3, 0.4) is 0 Å². The van der Waals surface area contributed by atoms with Crippen molar-refractivity contribution in [2.45, 2.75) is 26.0 Å². The fourth-order valence-corrected chi connectivity index (χ4v) is 3.09. The van der Waals surface area contributed by atoms with Crippen LogP contribution in [0, 0.1) is 6.92 Å². The third-order valence-electron chi connectivity index (χ3n) is 3.69. The normalized spacial score (nSPS) is 17.3. The maximum atomic E-state index is 12.2. The molecule has 1 atom stereocenters. The predicted octanol–water partition coefficient (Wildman–Crippen LogP) is 2.86. The highest BCUT2D eigenvalue weighted by atomic mass is 35.5. The third kappa shape index (κ3) is 4.11. The molecule has 1 aromatic heterocycles. The molecule has 3 rings (SSSR count). The van der Waals surface area contributed by atoms with Gasteiger partial charge in [-0.05, 0) is 42.7 Å². The lowest BCUT2D eigenvalue weighted by molar-refractivity contribution is 0.186. The average Bonchev–Trinajstić information content (AvgIpc) is 3.16. The van der Waals surface area contributed by atoms with Crippen molar-refractivity contribution >= 4 is 29.2 Å². The van der Waals surface area contributed by atoms with Crippen molar-refractivity contribution < 1.29 is 9.53 Å². The average molecular weight is 353 g/mol. The van der Waals surface area contributed by atoms with Gasteiger partial charge in [-0.3, -0.25) is 0 Å². The van der Waals surface area contributed by atoms with E-state index >= 15 is 0 Å². The number of hydrogen-bond donors (Lipinski definition) is 1. The van der Waals surface area contributed by atoms with Crippen molar-refractivity contribution in [3.8, 4) is 5.75 Å². The highest BCUT2D eigenvalue weighted by Crippen LogP contribution is 2.20. The van der Waals surface area contributed by atoms with E-state index in [4.69, 9.17) is 16.3 Å². The Kier molecular flexibility index (Phi) is 4.97. The van der Waals surface area contributed by atoms with E-state index < -0.39 is 0 Å². The smallest absolute Gasteiger partial charge is 0.317 e. The van der Waals surface area contributed by atoms with Gasteiger partial charge in [-0.25, -0.2) is 4.79 Å². The van der Waals surface area contributed by atoms with Crippen LogP contribution in [0.25, 0.3) is 0 Å². The van der Waals surface area contributed by atoms with Crippen LogP contribution < -0.4 is 10.1 Å². The fourth-order valence-electron chi connectivity index (χ4n) is 2.40. The van der Waals surface area contributed by atoms with E-state index in [1.165, 1.54) is 11.5 Å². The monoisotopic (exact) mass is 352 g/mol. The summed E-state index contributed by atoms with van der Waals surface area (Å²) in [4.78, 5) is 14.9. The molecule has 2 aromatic rings. The van der Waals surface area contributed by atoms with Gasteiger partial charge in [0.1, 0.15) is 11.9 Å². The molecule has 23 heavy (non-hydrogen) atoms. The number of rotatable bonds is 4. The summed E-state index contributed by atoms with van der Waals surface area (Å²) in [6, 6.07) is 7.18. The first-order valence-electron chi connectivity index (χ1n) is 7.34. The lowest BCUT2D eigenvalue weighted by atomic mass is 10.3. The number of likely N-dealkylation sites (tertiary alicyclic amines) is 1. The molecule has 2 amide bonds. The number of aromatic nitrogens is 2. The van der Waals surface area contributed by atoms with Crippen LogP contribution in [0.5, 0.6) is 5.75 Å². The predicted molar refractivity (Wildman–Crippen MR) is 88.9 cm³/mol. The van der Waals surface area contributed by atoms with E-state index in [2.05, 4.69) is 14.9 Å². The van der Waals surface area contributed by atoms with Gasteiger partial charge in [0.2, 0.25) is 0 Å². The maximum absolute atomic E-state index is 12.2. The molecule has 0 bridgehead atoms. The Morgan fingerprint density at radius 1 is 1.48 bits per heavy atom. The summed E-state index contributed by atoms with van der Waals surface area (Å²) < 4.78 is 9.74. The second kappa shape index (κ2) is 7.14. The molecule has 1 aliphatic rings. The zero-order chi connectivity index (χ0) is 16.2. The van der Waals surface area contributed by atoms with Gasteiger partial charge in [0.25, 0.3) is 0 Å². The molecule has 1 unspecified atom stereocenters. The number of hydrogen-bond acceptors (Lipinski definition) is 5. The van der Waals surface area contributed by atoms with Gasteiger partial charge in [-0.15, -0.1) is 5.10 Å². The maximum Gasteiger partial charge on any atom is 0.317 e. The van der Waals surface area contributed by atoms with Crippen molar-refractivity contribution in [1.82, 2.24) is 19.8 Å². The van der Waals surface area contributed by atoms with Crippen LogP contribution in [-0.2, 0) is 6.54 Å². The number of nitrogens with one attached hydrogen (secondary N) is 1. The number of amides is 2. The summed E-state index contributed by atoms with van der Waals surface area (Å²) in [5.41, 5.74) is 0.862. The molecule has 6 nitrogen and oxygen atoms in total. The Morgan fingerprint density at radius 2 is 2.26 bits per heavy atom. The second-order valence-electron chi connectivity index (χ2n) is 5.37. The molecule has 0 radical (unpaired) electrons. The van der Waals surface area contributed by atoms with Crippen molar-refractivity contribution in [1.29, 1.82) is 0 Å². The Labute approximate surface area is 143 Å². The number of benzene rings is 1. The number of halogens is 1. The molecule has 1 N–H and O–H groups in total.